The zero-order valence-electron chi connectivity index (χ0n) is 18.6. The van der Waals surface area contributed by atoms with Crippen molar-refractivity contribution in [1.29, 1.82) is 0 Å². The van der Waals surface area contributed by atoms with Gasteiger partial charge in [-0.2, -0.15) is 4.68 Å². The molecule has 174 valence electrons. The molecule has 0 aliphatic carbocycles. The Morgan fingerprint density at radius 3 is 2.36 bits per heavy atom. The maximum absolute atomic E-state index is 13.2. The number of nitrogens with zero attached hydrogens (tertiary/aromatic N) is 2. The first kappa shape index (κ1) is 23.8. The van der Waals surface area contributed by atoms with Gasteiger partial charge in [0.15, 0.2) is 0 Å². The van der Waals surface area contributed by atoms with Gasteiger partial charge in [-0.05, 0) is 29.0 Å². The molecule has 0 aliphatic rings. The van der Waals surface area contributed by atoms with Crippen molar-refractivity contribution in [2.75, 3.05) is 5.01 Å². The lowest BCUT2D eigenvalue weighted by molar-refractivity contribution is -0.134. The largest absolute Gasteiger partial charge is 0.492 e. The molecule has 3 aromatic rings. The number of aromatic nitrogens is 2. The Kier molecular flexibility index (Phi) is 7.68. The summed E-state index contributed by atoms with van der Waals surface area (Å²) >= 11 is 0. The summed E-state index contributed by atoms with van der Waals surface area (Å²) in [5.41, 5.74) is 3.30. The Bertz CT molecular complexity index is 1150. The van der Waals surface area contributed by atoms with Crippen LogP contribution in [0.5, 0.6) is 5.88 Å². The fraction of sp³-hybridized carbons (Fsp3) is 0.292. The van der Waals surface area contributed by atoms with Crippen molar-refractivity contribution < 1.29 is 19.9 Å². The van der Waals surface area contributed by atoms with Gasteiger partial charge in [-0.25, -0.2) is 15.3 Å². The number of hydrogen-bond donors (Lipinski definition) is 4. The number of H-pyrrole nitrogens is 1. The van der Waals surface area contributed by atoms with Crippen molar-refractivity contribution in [2.24, 2.45) is 5.92 Å². The van der Waals surface area contributed by atoms with Crippen molar-refractivity contribution in [3.63, 3.8) is 0 Å². The van der Waals surface area contributed by atoms with E-state index in [0.717, 1.165) is 32.6 Å². The number of imidazole rings is 1. The molecule has 4 N–H and O–H groups in total. The molecule has 9 heteroatoms. The lowest BCUT2D eigenvalue weighted by Crippen LogP contribution is -2.58. The summed E-state index contributed by atoms with van der Waals surface area (Å²) < 4.78 is 0.730. The number of amides is 2. The minimum absolute atomic E-state index is 0.0120. The SMILES string of the molecule is CC(C)CCC(=O)N([C@@H](Cc1ccccc1-c1ccccc1)C(=O)NO)n1c(O)c[nH]c1=O. The number of carbonyl (C=O) groups is 2. The molecule has 3 rings (SSSR count). The third kappa shape index (κ3) is 5.50. The van der Waals surface area contributed by atoms with Crippen LogP contribution in [0.4, 0.5) is 0 Å². The summed E-state index contributed by atoms with van der Waals surface area (Å²) in [6.07, 6.45) is 1.59. The van der Waals surface area contributed by atoms with Crippen molar-refractivity contribution in [1.82, 2.24) is 15.1 Å². The van der Waals surface area contributed by atoms with E-state index in [2.05, 4.69) is 4.98 Å². The highest BCUT2D eigenvalue weighted by atomic mass is 16.5. The van der Waals surface area contributed by atoms with E-state index >= 15 is 0 Å². The lowest BCUT2D eigenvalue weighted by atomic mass is 9.94. The summed E-state index contributed by atoms with van der Waals surface area (Å²) in [4.78, 5) is 40.8. The number of benzene rings is 2. The summed E-state index contributed by atoms with van der Waals surface area (Å²) in [5.74, 6) is -1.74. The van der Waals surface area contributed by atoms with Gasteiger partial charge in [-0.15, -0.1) is 0 Å². The number of hydrogen-bond acceptors (Lipinski definition) is 5. The molecule has 0 spiro atoms. The second-order valence-electron chi connectivity index (χ2n) is 8.15. The molecule has 33 heavy (non-hydrogen) atoms. The van der Waals surface area contributed by atoms with Gasteiger partial charge in [0, 0.05) is 12.8 Å². The maximum atomic E-state index is 13.2. The van der Waals surface area contributed by atoms with Crippen LogP contribution in [-0.4, -0.2) is 37.8 Å². The molecule has 1 aromatic heterocycles. The topological polar surface area (TPSA) is 128 Å². The third-order valence-electron chi connectivity index (χ3n) is 5.36. The van der Waals surface area contributed by atoms with Gasteiger partial charge < -0.3 is 10.1 Å². The number of nitrogens with one attached hydrogen (secondary N) is 2. The first-order valence-electron chi connectivity index (χ1n) is 10.7. The van der Waals surface area contributed by atoms with Gasteiger partial charge in [0.25, 0.3) is 5.91 Å². The molecule has 0 aliphatic heterocycles. The van der Waals surface area contributed by atoms with Crippen molar-refractivity contribution in [2.45, 2.75) is 39.2 Å². The van der Waals surface area contributed by atoms with Crippen LogP contribution in [0, 0.1) is 5.92 Å². The Morgan fingerprint density at radius 2 is 1.76 bits per heavy atom. The molecule has 0 bridgehead atoms. The summed E-state index contributed by atoms with van der Waals surface area (Å²) in [6.45, 7) is 3.90. The first-order valence-corrected chi connectivity index (χ1v) is 10.7. The van der Waals surface area contributed by atoms with Crippen LogP contribution in [0.1, 0.15) is 32.3 Å². The van der Waals surface area contributed by atoms with Gasteiger partial charge >= 0.3 is 5.69 Å². The van der Waals surface area contributed by atoms with Crippen molar-refractivity contribution in [3.8, 4) is 17.0 Å². The van der Waals surface area contributed by atoms with Gasteiger partial charge in [-0.3, -0.25) is 14.8 Å². The highest BCUT2D eigenvalue weighted by molar-refractivity contribution is 5.95. The Morgan fingerprint density at radius 1 is 1.09 bits per heavy atom. The lowest BCUT2D eigenvalue weighted by Gasteiger charge is -2.31. The summed E-state index contributed by atoms with van der Waals surface area (Å²) in [6, 6.07) is 15.6. The minimum Gasteiger partial charge on any atom is -0.492 e. The predicted octanol–water partition coefficient (Wildman–Crippen LogP) is 2.57. The van der Waals surface area contributed by atoms with Crippen LogP contribution in [-0.2, 0) is 16.0 Å². The van der Waals surface area contributed by atoms with Crippen LogP contribution >= 0.6 is 0 Å². The van der Waals surface area contributed by atoms with E-state index in [0.29, 0.717) is 6.42 Å². The van der Waals surface area contributed by atoms with E-state index in [-0.39, 0.29) is 18.8 Å². The van der Waals surface area contributed by atoms with Crippen molar-refractivity contribution >= 4 is 11.8 Å². The van der Waals surface area contributed by atoms with Crippen LogP contribution < -0.4 is 16.2 Å². The van der Waals surface area contributed by atoms with E-state index in [1.165, 1.54) is 0 Å². The second-order valence-corrected chi connectivity index (χ2v) is 8.15. The fourth-order valence-electron chi connectivity index (χ4n) is 3.68. The minimum atomic E-state index is -1.31. The zero-order chi connectivity index (χ0) is 24.0. The second kappa shape index (κ2) is 10.6. The van der Waals surface area contributed by atoms with Crippen molar-refractivity contribution in [3.05, 3.63) is 76.8 Å². The molecule has 0 radical (unpaired) electrons. The van der Waals surface area contributed by atoms with Crippen LogP contribution in [0.3, 0.4) is 0 Å². The predicted molar refractivity (Wildman–Crippen MR) is 123 cm³/mol. The normalized spacial score (nSPS) is 11.9. The zero-order valence-corrected chi connectivity index (χ0v) is 18.6. The maximum Gasteiger partial charge on any atom is 0.347 e. The van der Waals surface area contributed by atoms with E-state index in [9.17, 15) is 24.7 Å². The van der Waals surface area contributed by atoms with Gasteiger partial charge in [0.1, 0.15) is 6.04 Å². The van der Waals surface area contributed by atoms with Gasteiger partial charge in [-0.1, -0.05) is 68.4 Å². The number of aromatic amines is 1. The highest BCUT2D eigenvalue weighted by Gasteiger charge is 2.34. The average molecular weight is 453 g/mol. The molecule has 0 unspecified atom stereocenters. The quantitative estimate of drug-likeness (QED) is 0.293. The standard InChI is InChI=1S/C24H28N4O5/c1-16(2)12-13-21(29)27(28-22(30)15-25-24(28)32)20(23(31)26-33)14-18-10-6-7-11-19(18)17-8-4-3-5-9-17/h3-11,15-16,20,30,33H,12-14H2,1-2H3,(H,25,32)(H,26,31)/t20-/m0/s1. The Balaban J connectivity index is 2.09. The van der Waals surface area contributed by atoms with Gasteiger partial charge in [0.05, 0.1) is 6.20 Å². The molecule has 0 saturated carbocycles. The highest BCUT2D eigenvalue weighted by Crippen LogP contribution is 2.26. The summed E-state index contributed by atoms with van der Waals surface area (Å²) in [7, 11) is 0. The summed E-state index contributed by atoms with van der Waals surface area (Å²) in [5, 5.41) is 20.7. The molecule has 2 aromatic carbocycles. The smallest absolute Gasteiger partial charge is 0.347 e. The average Bonchev–Trinajstić information content (AvgIpc) is 3.15. The third-order valence-corrected chi connectivity index (χ3v) is 5.36. The Hall–Kier alpha value is -3.85. The first-order chi connectivity index (χ1) is 15.8. The Labute approximate surface area is 191 Å². The van der Waals surface area contributed by atoms with E-state index < -0.39 is 29.4 Å². The molecular formula is C24H28N4O5. The van der Waals surface area contributed by atoms with E-state index in [4.69, 9.17) is 0 Å². The molecule has 2 amide bonds. The monoisotopic (exact) mass is 452 g/mol. The molecule has 0 fully saturated rings. The number of rotatable bonds is 9. The van der Waals surface area contributed by atoms with Gasteiger partial charge in [0.2, 0.25) is 11.8 Å². The van der Waals surface area contributed by atoms with Crippen LogP contribution in [0.15, 0.2) is 65.6 Å². The molecular weight excluding hydrogens is 424 g/mol. The van der Waals surface area contributed by atoms with E-state index in [1.807, 2.05) is 62.4 Å². The molecule has 1 atom stereocenters. The van der Waals surface area contributed by atoms with Crippen LogP contribution in [0.2, 0.25) is 0 Å². The molecule has 1 heterocycles. The molecule has 9 nitrogen and oxygen atoms in total. The fourth-order valence-corrected chi connectivity index (χ4v) is 3.68. The number of hydroxylamine groups is 1. The molecule has 0 saturated heterocycles. The van der Waals surface area contributed by atoms with E-state index in [1.54, 1.807) is 11.5 Å². The number of aromatic hydroxyl groups is 1. The van der Waals surface area contributed by atoms with Crippen LogP contribution in [0.25, 0.3) is 11.1 Å². The number of carbonyl (C=O) groups excluding carboxylic acids is 2.